The molecule has 4 nitrogen and oxygen atoms in total. The molecule has 0 fully saturated rings. The van der Waals surface area contributed by atoms with Crippen molar-refractivity contribution in [2.45, 2.75) is 6.54 Å². The van der Waals surface area contributed by atoms with Crippen molar-refractivity contribution in [1.29, 1.82) is 0 Å². The molecule has 0 atom stereocenters. The molecular formula is C14H13FN2O2. The number of carbonyl (C=O) groups is 1. The van der Waals surface area contributed by atoms with Crippen molar-refractivity contribution >= 4 is 11.7 Å². The number of hydrogen-bond acceptors (Lipinski definition) is 3. The van der Waals surface area contributed by atoms with Crippen molar-refractivity contribution in [1.82, 2.24) is 5.43 Å². The average molecular weight is 260 g/mol. The first-order valence-electron chi connectivity index (χ1n) is 5.73. The highest BCUT2D eigenvalue weighted by molar-refractivity contribution is 5.89. The monoisotopic (exact) mass is 260 g/mol. The van der Waals surface area contributed by atoms with Crippen LogP contribution in [0.3, 0.4) is 0 Å². The first kappa shape index (κ1) is 13.0. The number of anilines is 1. The second-order valence-corrected chi connectivity index (χ2v) is 3.92. The molecule has 3 N–H and O–H groups in total. The van der Waals surface area contributed by atoms with Gasteiger partial charge in [0.15, 0.2) is 0 Å². The molecule has 2 rings (SSSR count). The lowest BCUT2D eigenvalue weighted by atomic mass is 10.1. The van der Waals surface area contributed by atoms with E-state index >= 15 is 0 Å². The Morgan fingerprint density at radius 1 is 1.11 bits per heavy atom. The third-order valence-corrected chi connectivity index (χ3v) is 2.62. The topological polar surface area (TPSA) is 61.4 Å². The largest absolute Gasteiger partial charge is 0.478 e. The highest BCUT2D eigenvalue weighted by atomic mass is 19.1. The summed E-state index contributed by atoms with van der Waals surface area (Å²) in [5.74, 6) is -1.68. The minimum absolute atomic E-state index is 0.0395. The third-order valence-electron chi connectivity index (χ3n) is 2.62. The normalized spacial score (nSPS) is 10.2. The summed E-state index contributed by atoms with van der Waals surface area (Å²) in [4.78, 5) is 11.0. The van der Waals surface area contributed by atoms with Gasteiger partial charge in [-0.05, 0) is 24.3 Å². The quantitative estimate of drug-likeness (QED) is 0.723. The van der Waals surface area contributed by atoms with Crippen LogP contribution in [0.2, 0.25) is 0 Å². The van der Waals surface area contributed by atoms with E-state index < -0.39 is 11.8 Å². The zero-order chi connectivity index (χ0) is 13.7. The first-order chi connectivity index (χ1) is 9.18. The molecule has 0 heterocycles. The van der Waals surface area contributed by atoms with Gasteiger partial charge in [0.2, 0.25) is 0 Å². The Morgan fingerprint density at radius 2 is 1.84 bits per heavy atom. The van der Waals surface area contributed by atoms with Crippen LogP contribution in [0.15, 0.2) is 48.5 Å². The van der Waals surface area contributed by atoms with Crippen molar-refractivity contribution < 1.29 is 14.3 Å². The molecule has 0 aliphatic heterocycles. The van der Waals surface area contributed by atoms with E-state index in [1.807, 2.05) is 30.3 Å². The van der Waals surface area contributed by atoms with Crippen molar-refractivity contribution in [3.05, 3.63) is 65.5 Å². The van der Waals surface area contributed by atoms with Crippen LogP contribution in [0, 0.1) is 5.82 Å². The number of hydrazine groups is 1. The molecule has 19 heavy (non-hydrogen) atoms. The van der Waals surface area contributed by atoms with Crippen LogP contribution in [-0.2, 0) is 6.54 Å². The lowest BCUT2D eigenvalue weighted by Gasteiger charge is -2.11. The van der Waals surface area contributed by atoms with Gasteiger partial charge in [-0.3, -0.25) is 0 Å². The van der Waals surface area contributed by atoms with Crippen LogP contribution in [-0.4, -0.2) is 11.1 Å². The number of carboxylic acids is 1. The van der Waals surface area contributed by atoms with Crippen LogP contribution in [0.25, 0.3) is 0 Å². The summed E-state index contributed by atoms with van der Waals surface area (Å²) in [6.45, 7) is 0.0726. The molecule has 5 heteroatoms. The fourth-order valence-corrected chi connectivity index (χ4v) is 1.69. The van der Waals surface area contributed by atoms with Crippen LogP contribution < -0.4 is 10.9 Å². The zero-order valence-corrected chi connectivity index (χ0v) is 10.1. The Morgan fingerprint density at radius 3 is 2.53 bits per heavy atom. The van der Waals surface area contributed by atoms with Gasteiger partial charge in [-0.25, -0.2) is 14.6 Å². The summed E-state index contributed by atoms with van der Waals surface area (Å²) >= 11 is 0. The second-order valence-electron chi connectivity index (χ2n) is 3.92. The molecule has 0 aromatic heterocycles. The molecule has 0 spiro atoms. The lowest BCUT2D eigenvalue weighted by molar-refractivity contribution is 0.0695. The average Bonchev–Trinajstić information content (AvgIpc) is 2.41. The van der Waals surface area contributed by atoms with Gasteiger partial charge in [-0.2, -0.15) is 0 Å². The predicted octanol–water partition coefficient (Wildman–Crippen LogP) is 2.64. The number of halogens is 1. The summed E-state index contributed by atoms with van der Waals surface area (Å²) in [5.41, 5.74) is 6.58. The Kier molecular flexibility index (Phi) is 4.10. The van der Waals surface area contributed by atoms with Gasteiger partial charge in [0.1, 0.15) is 5.82 Å². The van der Waals surface area contributed by atoms with E-state index in [1.54, 1.807) is 0 Å². The number of carboxylic acid groups (broad SMARTS) is 1. The molecular weight excluding hydrogens is 247 g/mol. The van der Waals surface area contributed by atoms with Gasteiger partial charge in [0.25, 0.3) is 0 Å². The predicted molar refractivity (Wildman–Crippen MR) is 70.3 cm³/mol. The van der Waals surface area contributed by atoms with Crippen LogP contribution in [0.4, 0.5) is 10.1 Å². The van der Waals surface area contributed by atoms with Crippen LogP contribution >= 0.6 is 0 Å². The highest BCUT2D eigenvalue weighted by Gasteiger charge is 2.13. The zero-order valence-electron chi connectivity index (χ0n) is 10.1. The molecule has 0 aliphatic carbocycles. The third kappa shape index (κ3) is 3.29. The van der Waals surface area contributed by atoms with Gasteiger partial charge in [-0.1, -0.05) is 24.3 Å². The summed E-state index contributed by atoms with van der Waals surface area (Å²) < 4.78 is 13.6. The van der Waals surface area contributed by atoms with Crippen LogP contribution in [0.1, 0.15) is 15.9 Å². The fourth-order valence-electron chi connectivity index (χ4n) is 1.69. The van der Waals surface area contributed by atoms with Crippen molar-refractivity contribution in [2.24, 2.45) is 0 Å². The van der Waals surface area contributed by atoms with Crippen molar-refractivity contribution in [2.75, 3.05) is 5.43 Å². The maximum absolute atomic E-state index is 13.6. The number of hydrogen-bond donors (Lipinski definition) is 3. The molecule has 0 unspecified atom stereocenters. The molecule has 98 valence electrons. The molecule has 0 amide bonds. The standard InChI is InChI=1S/C14H13FN2O2/c15-13-8-4-7-11(14(18)19)12(13)9-16-17-10-5-2-1-3-6-10/h1-8,16-17H,9H2,(H,18,19). The number of rotatable bonds is 5. The number of aromatic carboxylic acids is 1. The van der Waals surface area contributed by atoms with Crippen molar-refractivity contribution in [3.8, 4) is 0 Å². The lowest BCUT2D eigenvalue weighted by Crippen LogP contribution is -2.23. The summed E-state index contributed by atoms with van der Waals surface area (Å²) in [5, 5.41) is 8.99. The minimum atomic E-state index is -1.14. The summed E-state index contributed by atoms with van der Waals surface area (Å²) in [7, 11) is 0. The van der Waals surface area contributed by atoms with Gasteiger partial charge in [0, 0.05) is 17.8 Å². The van der Waals surface area contributed by atoms with Gasteiger partial charge < -0.3 is 10.5 Å². The van der Waals surface area contributed by atoms with E-state index in [-0.39, 0.29) is 17.7 Å². The van der Waals surface area contributed by atoms with Gasteiger partial charge >= 0.3 is 5.97 Å². The smallest absolute Gasteiger partial charge is 0.336 e. The van der Waals surface area contributed by atoms with Gasteiger partial charge in [0.05, 0.1) is 5.56 Å². The Bertz CT molecular complexity index is 573. The molecule has 0 saturated carbocycles. The molecule has 0 aliphatic rings. The second kappa shape index (κ2) is 5.97. The molecule has 2 aromatic rings. The molecule has 0 radical (unpaired) electrons. The maximum Gasteiger partial charge on any atom is 0.336 e. The molecule has 0 saturated heterocycles. The number of benzene rings is 2. The highest BCUT2D eigenvalue weighted by Crippen LogP contribution is 2.13. The van der Waals surface area contributed by atoms with E-state index in [1.165, 1.54) is 18.2 Å². The maximum atomic E-state index is 13.6. The van der Waals surface area contributed by atoms with E-state index in [4.69, 9.17) is 5.11 Å². The van der Waals surface area contributed by atoms with Crippen LogP contribution in [0.5, 0.6) is 0 Å². The van der Waals surface area contributed by atoms with E-state index in [0.29, 0.717) is 0 Å². The Labute approximate surface area is 109 Å². The first-order valence-corrected chi connectivity index (χ1v) is 5.73. The van der Waals surface area contributed by atoms with Gasteiger partial charge in [-0.15, -0.1) is 0 Å². The number of para-hydroxylation sites is 1. The summed E-state index contributed by atoms with van der Waals surface area (Å²) in [6.07, 6.45) is 0. The molecule has 2 aromatic carbocycles. The van der Waals surface area contributed by atoms with E-state index in [9.17, 15) is 9.18 Å². The molecule has 0 bridgehead atoms. The van der Waals surface area contributed by atoms with E-state index in [0.717, 1.165) is 5.69 Å². The Hall–Kier alpha value is -2.40. The van der Waals surface area contributed by atoms with Crippen molar-refractivity contribution in [3.63, 3.8) is 0 Å². The SMILES string of the molecule is O=C(O)c1cccc(F)c1CNNc1ccccc1. The number of nitrogens with one attached hydrogen (secondary N) is 2. The van der Waals surface area contributed by atoms with E-state index in [2.05, 4.69) is 10.9 Å². The fraction of sp³-hybridized carbons (Fsp3) is 0.0714. The summed E-state index contributed by atoms with van der Waals surface area (Å²) in [6, 6.07) is 13.3. The minimum Gasteiger partial charge on any atom is -0.478 e. The Balaban J connectivity index is 2.05.